The SMILES string of the molecule is C=Cc1ccc([Si](OCC)(OCC)c2ccc(C=C)cc2)cc1. The van der Waals surface area contributed by atoms with Crippen LogP contribution in [0.4, 0.5) is 0 Å². The molecule has 2 aromatic rings. The van der Waals surface area contributed by atoms with E-state index in [2.05, 4.69) is 61.7 Å². The highest BCUT2D eigenvalue weighted by Gasteiger charge is 2.42. The summed E-state index contributed by atoms with van der Waals surface area (Å²) in [5, 5.41) is 2.22. The molecule has 2 nitrogen and oxygen atoms in total. The Labute approximate surface area is 140 Å². The fourth-order valence-electron chi connectivity index (χ4n) is 2.63. The molecular weight excluding hydrogens is 300 g/mol. The smallest absolute Gasteiger partial charge is 0.388 e. The predicted molar refractivity (Wildman–Crippen MR) is 101 cm³/mol. The average molecular weight is 324 g/mol. The summed E-state index contributed by atoms with van der Waals surface area (Å²) in [4.78, 5) is 0. The Balaban J connectivity index is 2.55. The molecule has 0 unspecified atom stereocenters. The van der Waals surface area contributed by atoms with Crippen molar-refractivity contribution >= 4 is 31.1 Å². The fourth-order valence-corrected chi connectivity index (χ4v) is 5.73. The summed E-state index contributed by atoms with van der Waals surface area (Å²) in [7, 11) is -2.69. The number of hydrogen-bond donors (Lipinski definition) is 0. The quantitative estimate of drug-likeness (QED) is 0.691. The molecule has 0 bridgehead atoms. The van der Waals surface area contributed by atoms with E-state index >= 15 is 0 Å². The van der Waals surface area contributed by atoms with E-state index in [1.54, 1.807) is 0 Å². The molecule has 3 heteroatoms. The lowest BCUT2D eigenvalue weighted by atomic mass is 10.2. The second kappa shape index (κ2) is 8.06. The van der Waals surface area contributed by atoms with Gasteiger partial charge in [0.25, 0.3) is 0 Å². The fraction of sp³-hybridized carbons (Fsp3) is 0.200. The highest BCUT2D eigenvalue weighted by Crippen LogP contribution is 2.12. The van der Waals surface area contributed by atoms with Crippen molar-refractivity contribution in [2.45, 2.75) is 13.8 Å². The third-order valence-electron chi connectivity index (χ3n) is 3.75. The van der Waals surface area contributed by atoms with Crippen LogP contribution in [0.2, 0.25) is 0 Å². The maximum absolute atomic E-state index is 6.25. The highest BCUT2D eigenvalue weighted by atomic mass is 28.4. The van der Waals surface area contributed by atoms with Gasteiger partial charge in [0.05, 0.1) is 0 Å². The summed E-state index contributed by atoms with van der Waals surface area (Å²) >= 11 is 0. The molecule has 0 fully saturated rings. The number of rotatable bonds is 8. The van der Waals surface area contributed by atoms with Gasteiger partial charge >= 0.3 is 8.56 Å². The van der Waals surface area contributed by atoms with E-state index in [9.17, 15) is 0 Å². The van der Waals surface area contributed by atoms with E-state index in [0.717, 1.165) is 21.5 Å². The van der Waals surface area contributed by atoms with Crippen molar-refractivity contribution in [1.29, 1.82) is 0 Å². The Hall–Kier alpha value is -1.94. The molecule has 2 aromatic carbocycles. The molecule has 0 saturated heterocycles. The van der Waals surface area contributed by atoms with Crippen LogP contribution in [0, 0.1) is 0 Å². The standard InChI is InChI=1S/C20H24O2Si/c1-5-17-9-13-19(14-10-17)23(21-7-3,22-8-4)20-15-11-18(6-2)12-16-20/h5-6,9-16H,1-2,7-8H2,3-4H3. The maximum Gasteiger partial charge on any atom is 0.407 e. The topological polar surface area (TPSA) is 18.5 Å². The van der Waals surface area contributed by atoms with E-state index in [1.807, 2.05) is 26.0 Å². The molecule has 2 rings (SSSR count). The van der Waals surface area contributed by atoms with E-state index in [1.165, 1.54) is 0 Å². The summed E-state index contributed by atoms with van der Waals surface area (Å²) in [5.74, 6) is 0. The van der Waals surface area contributed by atoms with Gasteiger partial charge in [0.2, 0.25) is 0 Å². The maximum atomic E-state index is 6.25. The van der Waals surface area contributed by atoms with Crippen molar-refractivity contribution in [3.05, 3.63) is 72.8 Å². The van der Waals surface area contributed by atoms with Gasteiger partial charge in [-0.25, -0.2) is 0 Å². The van der Waals surface area contributed by atoms with Crippen LogP contribution in [-0.2, 0) is 8.85 Å². The van der Waals surface area contributed by atoms with Gasteiger partial charge in [0.1, 0.15) is 0 Å². The molecule has 0 atom stereocenters. The first-order valence-corrected chi connectivity index (χ1v) is 9.75. The van der Waals surface area contributed by atoms with Crippen LogP contribution < -0.4 is 10.4 Å². The van der Waals surface area contributed by atoms with Gasteiger partial charge < -0.3 is 8.85 Å². The molecule has 0 amide bonds. The number of hydrogen-bond acceptors (Lipinski definition) is 2. The van der Waals surface area contributed by atoms with Crippen molar-refractivity contribution in [1.82, 2.24) is 0 Å². The highest BCUT2D eigenvalue weighted by molar-refractivity contribution is 6.92. The average Bonchev–Trinajstić information content (AvgIpc) is 2.61. The van der Waals surface area contributed by atoms with Crippen LogP contribution in [0.15, 0.2) is 61.7 Å². The molecule has 0 aliphatic carbocycles. The van der Waals surface area contributed by atoms with Crippen LogP contribution >= 0.6 is 0 Å². The molecule has 120 valence electrons. The zero-order valence-electron chi connectivity index (χ0n) is 13.9. The Morgan fingerprint density at radius 3 is 1.35 bits per heavy atom. The van der Waals surface area contributed by atoms with Crippen molar-refractivity contribution in [2.24, 2.45) is 0 Å². The molecule has 0 N–H and O–H groups in total. The largest absolute Gasteiger partial charge is 0.407 e. The lowest BCUT2D eigenvalue weighted by Gasteiger charge is -2.31. The van der Waals surface area contributed by atoms with Gasteiger partial charge in [-0.3, -0.25) is 0 Å². The predicted octanol–water partition coefficient (Wildman–Crippen LogP) is 3.60. The molecule has 0 heterocycles. The first kappa shape index (κ1) is 17.4. The first-order valence-electron chi connectivity index (χ1n) is 7.94. The minimum Gasteiger partial charge on any atom is -0.388 e. The lowest BCUT2D eigenvalue weighted by molar-refractivity contribution is 0.208. The molecular formula is C20H24O2Si. The van der Waals surface area contributed by atoms with Crippen molar-refractivity contribution in [3.63, 3.8) is 0 Å². The van der Waals surface area contributed by atoms with Gasteiger partial charge in [0.15, 0.2) is 0 Å². The summed E-state index contributed by atoms with van der Waals surface area (Å²) in [6.45, 7) is 12.9. The van der Waals surface area contributed by atoms with Crippen molar-refractivity contribution < 1.29 is 8.85 Å². The van der Waals surface area contributed by atoms with Gasteiger partial charge in [-0.2, -0.15) is 0 Å². The third kappa shape index (κ3) is 3.70. The Kier molecular flexibility index (Phi) is 6.10. The van der Waals surface area contributed by atoms with E-state index < -0.39 is 8.56 Å². The lowest BCUT2D eigenvalue weighted by Crippen LogP contribution is -2.63. The zero-order valence-corrected chi connectivity index (χ0v) is 14.9. The molecule has 0 spiro atoms. The van der Waals surface area contributed by atoms with Crippen LogP contribution in [0.25, 0.3) is 12.2 Å². The zero-order chi connectivity index (χ0) is 16.7. The third-order valence-corrected chi connectivity index (χ3v) is 7.33. The summed E-state index contributed by atoms with van der Waals surface area (Å²) in [6.07, 6.45) is 3.68. The molecule has 0 aliphatic heterocycles. The van der Waals surface area contributed by atoms with Gasteiger partial charge in [-0.15, -0.1) is 0 Å². The van der Waals surface area contributed by atoms with Gasteiger partial charge in [-0.1, -0.05) is 73.8 Å². The summed E-state index contributed by atoms with van der Waals surface area (Å²) in [6, 6.07) is 16.6. The minimum absolute atomic E-state index is 0.610. The Morgan fingerprint density at radius 1 is 0.739 bits per heavy atom. The second-order valence-corrected chi connectivity index (χ2v) is 8.10. The van der Waals surface area contributed by atoms with Crippen LogP contribution in [-0.4, -0.2) is 21.8 Å². The second-order valence-electron chi connectivity index (χ2n) is 5.13. The molecule has 23 heavy (non-hydrogen) atoms. The van der Waals surface area contributed by atoms with Crippen LogP contribution in [0.5, 0.6) is 0 Å². The first-order chi connectivity index (χ1) is 11.2. The normalized spacial score (nSPS) is 11.2. The van der Waals surface area contributed by atoms with Crippen LogP contribution in [0.1, 0.15) is 25.0 Å². The van der Waals surface area contributed by atoms with Crippen LogP contribution in [0.3, 0.4) is 0 Å². The van der Waals surface area contributed by atoms with E-state index in [4.69, 9.17) is 8.85 Å². The van der Waals surface area contributed by atoms with E-state index in [0.29, 0.717) is 13.2 Å². The molecule has 0 saturated carbocycles. The van der Waals surface area contributed by atoms with E-state index in [-0.39, 0.29) is 0 Å². The van der Waals surface area contributed by atoms with Gasteiger partial charge in [-0.05, 0) is 35.3 Å². The Morgan fingerprint density at radius 2 is 1.09 bits per heavy atom. The van der Waals surface area contributed by atoms with Crippen molar-refractivity contribution in [2.75, 3.05) is 13.2 Å². The minimum atomic E-state index is -2.69. The number of benzene rings is 2. The van der Waals surface area contributed by atoms with Crippen molar-refractivity contribution in [3.8, 4) is 0 Å². The monoisotopic (exact) mass is 324 g/mol. The molecule has 0 aromatic heterocycles. The molecule has 0 aliphatic rings. The molecule has 0 radical (unpaired) electrons. The summed E-state index contributed by atoms with van der Waals surface area (Å²) < 4.78 is 12.5. The summed E-state index contributed by atoms with van der Waals surface area (Å²) in [5.41, 5.74) is 2.18. The Bertz CT molecular complexity index is 585. The van der Waals surface area contributed by atoms with Gasteiger partial charge in [0, 0.05) is 13.2 Å².